The molecule has 13 heteroatoms. The lowest BCUT2D eigenvalue weighted by Gasteiger charge is -2.37. The van der Waals surface area contributed by atoms with E-state index in [0.717, 1.165) is 13.8 Å². The van der Waals surface area contributed by atoms with Crippen LogP contribution in [0, 0.1) is 0 Å². The van der Waals surface area contributed by atoms with Crippen LogP contribution in [-0.4, -0.2) is 84.8 Å². The Morgan fingerprint density at radius 1 is 0.878 bits per heavy atom. The topological polar surface area (TPSA) is 146 Å². The summed E-state index contributed by atoms with van der Waals surface area (Å²) in [5.41, 5.74) is -0.0740. The van der Waals surface area contributed by atoms with Crippen LogP contribution in [0.25, 0.3) is 0 Å². The van der Waals surface area contributed by atoms with Gasteiger partial charge in [-0.25, -0.2) is 4.79 Å². The van der Waals surface area contributed by atoms with Gasteiger partial charge in [0.25, 0.3) is 5.91 Å². The quantitative estimate of drug-likeness (QED) is 0.322. The Balaban J connectivity index is 1.47. The second-order valence-corrected chi connectivity index (χ2v) is 9.75. The molecule has 212 valence electrons. The normalized spacial score (nSPS) is 18.1. The maximum Gasteiger partial charge on any atom is 0.354 e. The highest BCUT2D eigenvalue weighted by Crippen LogP contribution is 2.39. The summed E-state index contributed by atoms with van der Waals surface area (Å²) in [7, 11) is 1.38. The molecule has 1 aliphatic carbocycles. The molecule has 1 atom stereocenters. The van der Waals surface area contributed by atoms with Gasteiger partial charge in [0.05, 0.1) is 11.1 Å². The fraction of sp³-hybridized carbons (Fsp3) is 0.286. The van der Waals surface area contributed by atoms with Crippen molar-refractivity contribution in [3.05, 3.63) is 68.9 Å². The molecule has 1 saturated heterocycles. The lowest BCUT2D eigenvalue weighted by Crippen LogP contribution is -2.49. The Labute approximate surface area is 238 Å². The van der Waals surface area contributed by atoms with Gasteiger partial charge < -0.3 is 28.7 Å². The average Bonchev–Trinajstić information content (AvgIpc) is 3.23. The lowest BCUT2D eigenvalue weighted by molar-refractivity contribution is -0.157. The van der Waals surface area contributed by atoms with E-state index in [0.29, 0.717) is 18.8 Å². The maximum atomic E-state index is 13.6. The van der Waals surface area contributed by atoms with Crippen molar-refractivity contribution in [2.45, 2.75) is 20.1 Å². The summed E-state index contributed by atoms with van der Waals surface area (Å²) >= 11 is 6.13. The number of methoxy groups -OCH3 is 1. The monoisotopic (exact) mass is 582 g/mol. The molecule has 0 bridgehead atoms. The number of piperazine rings is 1. The van der Waals surface area contributed by atoms with E-state index in [4.69, 9.17) is 30.5 Å². The summed E-state index contributed by atoms with van der Waals surface area (Å²) in [5, 5.41) is -0.0855. The molecular weight excluding hydrogens is 560 g/mol. The minimum atomic E-state index is -0.947. The van der Waals surface area contributed by atoms with Crippen LogP contribution in [0.1, 0.15) is 56.0 Å². The number of ketones is 2. The van der Waals surface area contributed by atoms with Gasteiger partial charge in [0.15, 0.2) is 10.8 Å². The number of carbonyl (C=O) groups excluding carboxylic acids is 6. The third-order valence-electron chi connectivity index (χ3n) is 6.79. The summed E-state index contributed by atoms with van der Waals surface area (Å²) < 4.78 is 20.7. The fourth-order valence-electron chi connectivity index (χ4n) is 5.05. The Hall–Kier alpha value is -4.55. The van der Waals surface area contributed by atoms with E-state index in [9.17, 15) is 28.8 Å². The summed E-state index contributed by atoms with van der Waals surface area (Å²) in [4.78, 5) is 79.5. The summed E-state index contributed by atoms with van der Waals surface area (Å²) in [6.07, 6.45) is -0.947. The van der Waals surface area contributed by atoms with Crippen LogP contribution in [0.4, 0.5) is 0 Å². The van der Waals surface area contributed by atoms with E-state index in [1.807, 2.05) is 0 Å². The molecular formula is C28H23ClN2O10. The van der Waals surface area contributed by atoms with Crippen molar-refractivity contribution in [2.24, 2.45) is 0 Å². The number of hydrogen-bond acceptors (Lipinski definition) is 11. The van der Waals surface area contributed by atoms with E-state index >= 15 is 0 Å². The van der Waals surface area contributed by atoms with Gasteiger partial charge >= 0.3 is 17.9 Å². The number of fused-ring (bicyclic) bond motifs is 2. The van der Waals surface area contributed by atoms with Crippen LogP contribution >= 0.6 is 11.6 Å². The highest BCUT2D eigenvalue weighted by Gasteiger charge is 2.40. The molecule has 2 heterocycles. The molecule has 0 spiro atoms. The van der Waals surface area contributed by atoms with Crippen molar-refractivity contribution in [2.75, 3.05) is 33.3 Å². The van der Waals surface area contributed by atoms with E-state index in [1.165, 1.54) is 42.3 Å². The van der Waals surface area contributed by atoms with Gasteiger partial charge in [-0.15, -0.1) is 0 Å². The number of halogens is 1. The van der Waals surface area contributed by atoms with Gasteiger partial charge in [0, 0.05) is 63.8 Å². The first-order chi connectivity index (χ1) is 19.5. The van der Waals surface area contributed by atoms with Gasteiger partial charge in [-0.3, -0.25) is 24.0 Å². The predicted octanol–water partition coefficient (Wildman–Crippen LogP) is 2.05. The van der Waals surface area contributed by atoms with Gasteiger partial charge in [0.1, 0.15) is 17.2 Å². The van der Waals surface area contributed by atoms with E-state index in [1.54, 1.807) is 4.90 Å². The Morgan fingerprint density at radius 2 is 1.51 bits per heavy atom. The molecule has 0 saturated carbocycles. The van der Waals surface area contributed by atoms with Crippen molar-refractivity contribution in [3.63, 3.8) is 0 Å². The third kappa shape index (κ3) is 4.96. The number of amides is 1. The second kappa shape index (κ2) is 10.8. The summed E-state index contributed by atoms with van der Waals surface area (Å²) in [6, 6.07) is 6.79. The zero-order valence-electron chi connectivity index (χ0n) is 22.1. The molecule has 1 unspecified atom stereocenters. The molecule has 3 aliphatic rings. The number of nitrogens with zero attached hydrogens (tertiary/aromatic N) is 2. The molecule has 2 aromatic rings. The molecule has 0 aromatic heterocycles. The van der Waals surface area contributed by atoms with Crippen LogP contribution in [0.2, 0.25) is 0 Å². The third-order valence-corrected chi connectivity index (χ3v) is 7.14. The number of ether oxygens (including phenoxy) is 4. The highest BCUT2D eigenvalue weighted by molar-refractivity contribution is 6.42. The number of carbonyl (C=O) groups is 6. The Kier molecular flexibility index (Phi) is 7.37. The van der Waals surface area contributed by atoms with Gasteiger partial charge in [-0.2, -0.15) is 0 Å². The van der Waals surface area contributed by atoms with Crippen molar-refractivity contribution < 1.29 is 47.7 Å². The molecule has 12 nitrogen and oxygen atoms in total. The van der Waals surface area contributed by atoms with E-state index in [2.05, 4.69) is 0 Å². The lowest BCUT2D eigenvalue weighted by atomic mass is 9.82. The number of rotatable bonds is 5. The smallest absolute Gasteiger partial charge is 0.354 e. The molecule has 41 heavy (non-hydrogen) atoms. The van der Waals surface area contributed by atoms with Gasteiger partial charge in [-0.1, -0.05) is 23.7 Å². The number of esters is 3. The highest BCUT2D eigenvalue weighted by atomic mass is 35.5. The van der Waals surface area contributed by atoms with Crippen molar-refractivity contribution >= 4 is 47.0 Å². The van der Waals surface area contributed by atoms with Crippen molar-refractivity contribution in [1.82, 2.24) is 9.80 Å². The van der Waals surface area contributed by atoms with Crippen LogP contribution in [-0.2, 0) is 23.9 Å². The summed E-state index contributed by atoms with van der Waals surface area (Å²) in [6.45, 7) is 3.33. The molecule has 1 fully saturated rings. The number of benzene rings is 2. The molecule has 1 amide bonds. The summed E-state index contributed by atoms with van der Waals surface area (Å²) in [5.74, 6) is -4.28. The zero-order chi connectivity index (χ0) is 29.6. The van der Waals surface area contributed by atoms with Crippen LogP contribution < -0.4 is 9.47 Å². The number of cyclic esters (lactones) is 1. The molecule has 2 aromatic carbocycles. The SMILES string of the molecule is COC1OC(=O)C(Cl)=C1N1CCN(C(=O)c2cc(OC(C)=O)c3c(c2)C(=O)c2cccc(OC(C)=O)c2C3=O)CC1. The van der Waals surface area contributed by atoms with E-state index < -0.39 is 41.7 Å². The Morgan fingerprint density at radius 3 is 2.15 bits per heavy atom. The number of hydrogen-bond donors (Lipinski definition) is 0. The first-order valence-corrected chi connectivity index (χ1v) is 12.8. The average molecular weight is 583 g/mol. The molecule has 0 radical (unpaired) electrons. The van der Waals surface area contributed by atoms with Crippen LogP contribution in [0.3, 0.4) is 0 Å². The predicted molar refractivity (Wildman–Crippen MR) is 140 cm³/mol. The first-order valence-electron chi connectivity index (χ1n) is 12.5. The minimum absolute atomic E-state index is 0.0144. The van der Waals surface area contributed by atoms with Crippen molar-refractivity contribution in [1.29, 1.82) is 0 Å². The second-order valence-electron chi connectivity index (χ2n) is 9.37. The largest absolute Gasteiger partial charge is 0.426 e. The maximum absolute atomic E-state index is 13.6. The van der Waals surface area contributed by atoms with Crippen LogP contribution in [0.15, 0.2) is 41.1 Å². The van der Waals surface area contributed by atoms with Crippen LogP contribution in [0.5, 0.6) is 11.5 Å². The first kappa shape index (κ1) is 28.0. The van der Waals surface area contributed by atoms with Crippen molar-refractivity contribution in [3.8, 4) is 11.5 Å². The van der Waals surface area contributed by atoms with Gasteiger partial charge in [0.2, 0.25) is 12.1 Å². The zero-order valence-corrected chi connectivity index (χ0v) is 22.9. The fourth-order valence-corrected chi connectivity index (χ4v) is 5.30. The van der Waals surface area contributed by atoms with Gasteiger partial charge in [-0.05, 0) is 18.2 Å². The van der Waals surface area contributed by atoms with E-state index in [-0.39, 0.29) is 57.4 Å². The Bertz CT molecular complexity index is 1570. The molecule has 5 rings (SSSR count). The minimum Gasteiger partial charge on any atom is -0.426 e. The molecule has 0 N–H and O–H groups in total. The molecule has 2 aliphatic heterocycles. The standard InChI is InChI=1S/C28H23ClN2O10/c1-13(32)39-18-6-4-5-16-20(18)25(35)21-17(24(16)34)11-15(12-19(21)40-14(2)33)26(36)31-9-7-30(8-10-31)23-22(29)27(37)41-28(23)38-3/h4-6,11-12,28H,7-10H2,1-3H3.